The Morgan fingerprint density at radius 2 is 2.13 bits per heavy atom. The van der Waals surface area contributed by atoms with Crippen LogP contribution in [0.25, 0.3) is 11.0 Å². The number of aromatic nitrogens is 2. The van der Waals surface area contributed by atoms with E-state index in [0.29, 0.717) is 5.52 Å². The number of nitro groups is 1. The van der Waals surface area contributed by atoms with E-state index in [-0.39, 0.29) is 11.8 Å². The summed E-state index contributed by atoms with van der Waals surface area (Å²) in [5, 5.41) is 10.5. The zero-order valence-corrected chi connectivity index (χ0v) is 8.60. The molecule has 80 valence electrons. The average molecular weight is 208 g/mol. The smallest absolute Gasteiger partial charge is 0.271 e. The molecule has 1 heterocycles. The standard InChI is InChI=1S/C9H9N3O2.H3N/c1-6-10-8-5-7(12(13)14)3-4-9(8)11(6)2;/h3-5H,1-2H3;1H3. The highest BCUT2D eigenvalue weighted by Gasteiger charge is 2.09. The number of hydrogen-bond acceptors (Lipinski definition) is 4. The van der Waals surface area contributed by atoms with E-state index in [1.54, 1.807) is 6.07 Å². The highest BCUT2D eigenvalue weighted by molar-refractivity contribution is 5.78. The van der Waals surface area contributed by atoms with Crippen LogP contribution in [0.4, 0.5) is 5.69 Å². The lowest BCUT2D eigenvalue weighted by molar-refractivity contribution is -0.384. The largest absolute Gasteiger partial charge is 0.344 e. The van der Waals surface area contributed by atoms with Crippen molar-refractivity contribution in [1.82, 2.24) is 15.7 Å². The fourth-order valence-corrected chi connectivity index (χ4v) is 1.42. The molecule has 15 heavy (non-hydrogen) atoms. The number of aryl methyl sites for hydroxylation is 2. The van der Waals surface area contributed by atoms with Crippen molar-refractivity contribution in [2.24, 2.45) is 7.05 Å². The van der Waals surface area contributed by atoms with Gasteiger partial charge >= 0.3 is 0 Å². The van der Waals surface area contributed by atoms with Crippen molar-refractivity contribution >= 4 is 16.7 Å². The van der Waals surface area contributed by atoms with Crippen LogP contribution in [0.2, 0.25) is 0 Å². The summed E-state index contributed by atoms with van der Waals surface area (Å²) in [6, 6.07) is 4.69. The molecule has 0 radical (unpaired) electrons. The van der Waals surface area contributed by atoms with Gasteiger partial charge in [0.25, 0.3) is 5.69 Å². The maximum absolute atomic E-state index is 10.5. The molecule has 1 aromatic carbocycles. The van der Waals surface area contributed by atoms with Gasteiger partial charge in [0.15, 0.2) is 0 Å². The van der Waals surface area contributed by atoms with Gasteiger partial charge in [-0.3, -0.25) is 10.1 Å². The molecule has 6 nitrogen and oxygen atoms in total. The van der Waals surface area contributed by atoms with Crippen LogP contribution in [0.15, 0.2) is 18.2 Å². The molecule has 0 fully saturated rings. The van der Waals surface area contributed by atoms with E-state index in [2.05, 4.69) is 4.98 Å². The fraction of sp³-hybridized carbons (Fsp3) is 0.222. The summed E-state index contributed by atoms with van der Waals surface area (Å²) in [6.45, 7) is 1.87. The Labute approximate surface area is 86.3 Å². The fourth-order valence-electron chi connectivity index (χ4n) is 1.42. The Hall–Kier alpha value is -1.95. The molecular formula is C9H12N4O2. The molecular weight excluding hydrogens is 196 g/mol. The second-order valence-corrected chi connectivity index (χ2v) is 3.15. The Kier molecular flexibility index (Phi) is 2.71. The molecule has 0 saturated carbocycles. The maximum atomic E-state index is 10.5. The van der Waals surface area contributed by atoms with Crippen LogP contribution in [0.3, 0.4) is 0 Å². The van der Waals surface area contributed by atoms with Crippen molar-refractivity contribution in [1.29, 1.82) is 0 Å². The lowest BCUT2D eigenvalue weighted by Crippen LogP contribution is -1.90. The number of rotatable bonds is 1. The van der Waals surface area contributed by atoms with Gasteiger partial charge in [-0.05, 0) is 13.0 Å². The van der Waals surface area contributed by atoms with Gasteiger partial charge in [0.1, 0.15) is 5.82 Å². The molecule has 3 N–H and O–H groups in total. The van der Waals surface area contributed by atoms with E-state index in [9.17, 15) is 10.1 Å². The molecule has 2 aromatic rings. The predicted molar refractivity (Wildman–Crippen MR) is 57.1 cm³/mol. The molecule has 0 aliphatic heterocycles. The number of benzene rings is 1. The summed E-state index contributed by atoms with van der Waals surface area (Å²) in [5.41, 5.74) is 1.66. The third-order valence-corrected chi connectivity index (χ3v) is 2.30. The Morgan fingerprint density at radius 3 is 2.73 bits per heavy atom. The zero-order valence-electron chi connectivity index (χ0n) is 8.60. The van der Waals surface area contributed by atoms with Crippen LogP contribution in [0.5, 0.6) is 0 Å². The normalized spacial score (nSPS) is 10.0. The van der Waals surface area contributed by atoms with Gasteiger partial charge in [-0.15, -0.1) is 0 Å². The molecule has 0 aliphatic carbocycles. The number of nitrogens with zero attached hydrogens (tertiary/aromatic N) is 3. The van der Waals surface area contributed by atoms with Crippen LogP contribution in [-0.2, 0) is 7.05 Å². The summed E-state index contributed by atoms with van der Waals surface area (Å²) in [5.74, 6) is 0.848. The lowest BCUT2D eigenvalue weighted by atomic mass is 10.3. The van der Waals surface area contributed by atoms with Gasteiger partial charge in [-0.25, -0.2) is 4.98 Å². The van der Waals surface area contributed by atoms with Crippen molar-refractivity contribution in [2.75, 3.05) is 0 Å². The van der Waals surface area contributed by atoms with Crippen molar-refractivity contribution in [3.63, 3.8) is 0 Å². The van der Waals surface area contributed by atoms with Crippen LogP contribution in [-0.4, -0.2) is 14.5 Å². The first-order valence-corrected chi connectivity index (χ1v) is 4.17. The van der Waals surface area contributed by atoms with E-state index in [4.69, 9.17) is 0 Å². The molecule has 0 amide bonds. The molecule has 0 aliphatic rings. The van der Waals surface area contributed by atoms with E-state index in [0.717, 1.165) is 11.3 Å². The van der Waals surface area contributed by atoms with E-state index < -0.39 is 4.92 Å². The van der Waals surface area contributed by atoms with Crippen LogP contribution in [0.1, 0.15) is 5.82 Å². The first-order chi connectivity index (χ1) is 6.59. The van der Waals surface area contributed by atoms with Gasteiger partial charge in [0, 0.05) is 19.2 Å². The Bertz CT molecular complexity index is 518. The number of imidazole rings is 1. The summed E-state index contributed by atoms with van der Waals surface area (Å²) >= 11 is 0. The average Bonchev–Trinajstić information content (AvgIpc) is 2.42. The van der Waals surface area contributed by atoms with Crippen molar-refractivity contribution < 1.29 is 4.92 Å². The van der Waals surface area contributed by atoms with E-state index >= 15 is 0 Å². The molecule has 6 heteroatoms. The molecule has 0 unspecified atom stereocenters. The third kappa shape index (κ3) is 1.66. The Morgan fingerprint density at radius 1 is 1.47 bits per heavy atom. The van der Waals surface area contributed by atoms with Crippen molar-refractivity contribution in [3.05, 3.63) is 34.1 Å². The second-order valence-electron chi connectivity index (χ2n) is 3.15. The van der Waals surface area contributed by atoms with Crippen LogP contribution in [0, 0.1) is 17.0 Å². The summed E-state index contributed by atoms with van der Waals surface area (Å²) in [7, 11) is 1.89. The van der Waals surface area contributed by atoms with E-state index in [1.165, 1.54) is 12.1 Å². The van der Waals surface area contributed by atoms with Gasteiger partial charge in [-0.1, -0.05) is 0 Å². The summed E-state index contributed by atoms with van der Waals surface area (Å²) in [6.07, 6.45) is 0. The van der Waals surface area contributed by atoms with Crippen LogP contribution < -0.4 is 6.15 Å². The molecule has 1 aromatic heterocycles. The highest BCUT2D eigenvalue weighted by Crippen LogP contribution is 2.20. The third-order valence-electron chi connectivity index (χ3n) is 2.30. The quantitative estimate of drug-likeness (QED) is 0.572. The number of non-ortho nitro benzene ring substituents is 1. The SMILES string of the molecule is Cc1nc2cc([N+](=O)[O-])ccc2n1C.N. The minimum Gasteiger partial charge on any atom is -0.344 e. The van der Waals surface area contributed by atoms with Crippen LogP contribution >= 0.6 is 0 Å². The topological polar surface area (TPSA) is 96.0 Å². The number of fused-ring (bicyclic) bond motifs is 1. The maximum Gasteiger partial charge on any atom is 0.271 e. The van der Waals surface area contributed by atoms with Crippen molar-refractivity contribution in [2.45, 2.75) is 6.92 Å². The summed E-state index contributed by atoms with van der Waals surface area (Å²) < 4.78 is 1.90. The second kappa shape index (κ2) is 3.66. The molecule has 0 atom stereocenters. The number of nitro benzene ring substituents is 1. The lowest BCUT2D eigenvalue weighted by Gasteiger charge is -1.95. The highest BCUT2D eigenvalue weighted by atomic mass is 16.6. The van der Waals surface area contributed by atoms with Gasteiger partial charge in [0.05, 0.1) is 16.0 Å². The number of hydrogen-bond donors (Lipinski definition) is 1. The first kappa shape index (κ1) is 11.1. The first-order valence-electron chi connectivity index (χ1n) is 4.17. The molecule has 0 saturated heterocycles. The summed E-state index contributed by atoms with van der Waals surface area (Å²) in [4.78, 5) is 14.3. The minimum atomic E-state index is -0.413. The monoisotopic (exact) mass is 208 g/mol. The molecule has 2 rings (SSSR count). The minimum absolute atomic E-state index is 0. The van der Waals surface area contributed by atoms with Gasteiger partial charge in [-0.2, -0.15) is 0 Å². The molecule has 0 bridgehead atoms. The zero-order chi connectivity index (χ0) is 10.3. The Balaban J connectivity index is 0.00000112. The van der Waals surface area contributed by atoms with Crippen molar-refractivity contribution in [3.8, 4) is 0 Å². The van der Waals surface area contributed by atoms with Gasteiger partial charge in [0.2, 0.25) is 0 Å². The predicted octanol–water partition coefficient (Wildman–Crippen LogP) is 1.95. The molecule has 0 spiro atoms. The van der Waals surface area contributed by atoms with E-state index in [1.807, 2.05) is 18.5 Å². The van der Waals surface area contributed by atoms with Gasteiger partial charge < -0.3 is 10.7 Å².